The molecule has 1 amide bonds. The van der Waals surface area contributed by atoms with Gasteiger partial charge in [-0.2, -0.15) is 0 Å². The van der Waals surface area contributed by atoms with Gasteiger partial charge in [0, 0.05) is 37.7 Å². The van der Waals surface area contributed by atoms with E-state index in [9.17, 15) is 34.8 Å². The van der Waals surface area contributed by atoms with Crippen molar-refractivity contribution in [3.63, 3.8) is 0 Å². The Labute approximate surface area is 189 Å². The summed E-state index contributed by atoms with van der Waals surface area (Å²) in [6.45, 7) is 1.59. The number of nitrogens with two attached hydrogens (primary N) is 1. The number of hydrogen-bond donors (Lipinski definition) is 5. The second-order valence-electron chi connectivity index (χ2n) is 8.83. The third-order valence-electron chi connectivity index (χ3n) is 6.78. The van der Waals surface area contributed by atoms with E-state index in [1.54, 1.807) is 32.0 Å². The average molecular weight is 452 g/mol. The van der Waals surface area contributed by atoms with E-state index in [0.717, 1.165) is 0 Å². The van der Waals surface area contributed by atoms with Crippen molar-refractivity contribution in [1.82, 2.24) is 0 Å². The molecule has 0 radical (unpaired) electrons. The summed E-state index contributed by atoms with van der Waals surface area (Å²) < 4.78 is 0. The van der Waals surface area contributed by atoms with Crippen LogP contribution in [0.15, 0.2) is 28.7 Å². The number of phenolic OH excluding ortho intramolecular Hbond substituents is 1. The number of rotatable bonds is 2. The number of carbonyl (C=O) groups is 3. The summed E-state index contributed by atoms with van der Waals surface area (Å²) in [7, 11) is 3.58. The molecule has 0 heterocycles. The fourth-order valence-corrected chi connectivity index (χ4v) is 5.30. The molecule has 0 bridgehead atoms. The van der Waals surface area contributed by atoms with Crippen LogP contribution in [0.1, 0.15) is 41.3 Å². The Balaban J connectivity index is 1.96. The quantitative estimate of drug-likeness (QED) is 0.328. The maximum Gasteiger partial charge on any atom is 0.255 e. The third-order valence-corrected chi connectivity index (χ3v) is 6.78. The first-order chi connectivity index (χ1) is 15.4. The third kappa shape index (κ3) is 2.94. The normalized spacial score (nSPS) is 26.2. The minimum absolute atomic E-state index is 0.0458. The molecular formula is C24H24N2O7. The monoisotopic (exact) mass is 452 g/mol. The van der Waals surface area contributed by atoms with E-state index in [1.165, 1.54) is 0 Å². The van der Waals surface area contributed by atoms with Gasteiger partial charge in [0.15, 0.2) is 11.4 Å². The molecule has 9 nitrogen and oxygen atoms in total. The number of anilines is 1. The van der Waals surface area contributed by atoms with Gasteiger partial charge in [0.1, 0.15) is 22.8 Å². The molecule has 33 heavy (non-hydrogen) atoms. The first kappa shape index (κ1) is 22.4. The average Bonchev–Trinajstić information content (AvgIpc) is 2.72. The number of aliphatic hydroxyl groups is 3. The van der Waals surface area contributed by atoms with Crippen LogP contribution in [0.2, 0.25) is 0 Å². The van der Waals surface area contributed by atoms with E-state index in [-0.39, 0.29) is 41.7 Å². The largest absolute Gasteiger partial charge is 0.511 e. The van der Waals surface area contributed by atoms with Gasteiger partial charge >= 0.3 is 0 Å². The van der Waals surface area contributed by atoms with Crippen LogP contribution < -0.4 is 10.6 Å². The van der Waals surface area contributed by atoms with E-state index >= 15 is 0 Å². The fraction of sp³-hybridized carbons (Fsp3) is 0.375. The number of amides is 1. The van der Waals surface area contributed by atoms with Crippen LogP contribution in [-0.2, 0) is 16.0 Å². The molecular weight excluding hydrogens is 428 g/mol. The Morgan fingerprint density at radius 3 is 2.45 bits per heavy atom. The van der Waals surface area contributed by atoms with Crippen LogP contribution >= 0.6 is 0 Å². The number of aliphatic hydroxyl groups excluding tert-OH is 2. The summed E-state index contributed by atoms with van der Waals surface area (Å²) in [5, 5.41) is 43.4. The molecule has 3 aliphatic carbocycles. The number of allylic oxidation sites excluding steroid dienone is 2. The minimum Gasteiger partial charge on any atom is -0.511 e. The molecule has 0 aromatic heterocycles. The Hall–Kier alpha value is -3.77. The second-order valence-corrected chi connectivity index (χ2v) is 8.83. The Morgan fingerprint density at radius 1 is 1.21 bits per heavy atom. The number of aromatic hydroxyl groups is 1. The van der Waals surface area contributed by atoms with Crippen molar-refractivity contribution in [2.24, 2.45) is 17.6 Å². The van der Waals surface area contributed by atoms with E-state index < -0.39 is 52.0 Å². The molecule has 0 aliphatic heterocycles. The Kier molecular flexibility index (Phi) is 5.02. The first-order valence-corrected chi connectivity index (χ1v) is 10.4. The van der Waals surface area contributed by atoms with Crippen LogP contribution in [0, 0.1) is 23.7 Å². The highest BCUT2D eigenvalue weighted by atomic mass is 16.3. The number of hydrogen-bond acceptors (Lipinski definition) is 8. The molecule has 0 unspecified atom stereocenters. The molecule has 0 saturated heterocycles. The molecule has 1 aromatic carbocycles. The van der Waals surface area contributed by atoms with Gasteiger partial charge in [-0.25, -0.2) is 0 Å². The number of ketones is 2. The maximum atomic E-state index is 13.6. The zero-order valence-electron chi connectivity index (χ0n) is 18.4. The van der Waals surface area contributed by atoms with Crippen LogP contribution in [0.3, 0.4) is 0 Å². The van der Waals surface area contributed by atoms with Crippen molar-refractivity contribution < 1.29 is 34.8 Å². The lowest BCUT2D eigenvalue weighted by Gasteiger charge is -2.45. The number of primary amides is 1. The molecule has 6 N–H and O–H groups in total. The van der Waals surface area contributed by atoms with Gasteiger partial charge in [-0.1, -0.05) is 5.92 Å². The summed E-state index contributed by atoms with van der Waals surface area (Å²) in [5.41, 5.74) is 3.07. The van der Waals surface area contributed by atoms with Crippen molar-refractivity contribution >= 4 is 23.2 Å². The number of nitrogens with zero attached hydrogens (tertiary/aromatic N) is 1. The van der Waals surface area contributed by atoms with E-state index in [1.807, 2.05) is 0 Å². The SMILES string of the molecule is CC#Cc1cc(N(C)C)c2c(c1O)C(=O)C1=C(O)[C@]3(O)C(=O)C(C(N)=O)=C(O)C[C@@H]3C[C@@H]1C2. The summed E-state index contributed by atoms with van der Waals surface area (Å²) in [6.07, 6.45) is 0.0780. The van der Waals surface area contributed by atoms with Gasteiger partial charge in [0.2, 0.25) is 5.78 Å². The highest BCUT2D eigenvalue weighted by molar-refractivity contribution is 6.24. The summed E-state index contributed by atoms with van der Waals surface area (Å²) in [4.78, 5) is 40.1. The molecule has 4 rings (SSSR count). The standard InChI is InChI=1S/C24H24N2O7/c1-4-5-10-8-14(26(2)3)13-7-11-6-12-9-15(27)18(23(25)32)22(31)24(12,33)21(30)16(11)20(29)17(13)19(10)28/h8,11-12,27-28,30,33H,6-7,9H2,1-3H3,(H2,25,32)/t11-,12+,24+/m1/s1. The zero-order valence-corrected chi connectivity index (χ0v) is 18.4. The Morgan fingerprint density at radius 2 is 1.88 bits per heavy atom. The number of Topliss-reactive ketones (excluding diaryl/α,β-unsaturated/α-hetero) is 2. The van der Waals surface area contributed by atoms with Gasteiger partial charge in [-0.05, 0) is 37.3 Å². The van der Waals surface area contributed by atoms with Gasteiger partial charge in [-0.3, -0.25) is 14.4 Å². The maximum absolute atomic E-state index is 13.6. The van der Waals surface area contributed by atoms with Crippen molar-refractivity contribution in [2.45, 2.75) is 31.8 Å². The van der Waals surface area contributed by atoms with Crippen molar-refractivity contribution in [3.8, 4) is 17.6 Å². The lowest BCUT2D eigenvalue weighted by atomic mass is 9.60. The molecule has 0 spiro atoms. The molecule has 172 valence electrons. The fourth-order valence-electron chi connectivity index (χ4n) is 5.30. The van der Waals surface area contributed by atoms with Crippen molar-refractivity contribution in [1.29, 1.82) is 0 Å². The molecule has 3 aliphatic rings. The number of phenols is 1. The molecule has 9 heteroatoms. The van der Waals surface area contributed by atoms with Gasteiger partial charge in [0.05, 0.1) is 11.1 Å². The smallest absolute Gasteiger partial charge is 0.255 e. The highest BCUT2D eigenvalue weighted by Crippen LogP contribution is 2.52. The van der Waals surface area contributed by atoms with E-state index in [0.29, 0.717) is 11.3 Å². The van der Waals surface area contributed by atoms with Crippen LogP contribution in [0.25, 0.3) is 0 Å². The molecule has 3 atom stereocenters. The van der Waals surface area contributed by atoms with E-state index in [4.69, 9.17) is 5.73 Å². The van der Waals surface area contributed by atoms with E-state index in [2.05, 4.69) is 11.8 Å². The number of benzene rings is 1. The Bertz CT molecular complexity index is 1260. The predicted molar refractivity (Wildman–Crippen MR) is 118 cm³/mol. The topological polar surface area (TPSA) is 161 Å². The summed E-state index contributed by atoms with van der Waals surface area (Å²) in [6, 6.07) is 1.68. The summed E-state index contributed by atoms with van der Waals surface area (Å²) in [5.74, 6) is -1.04. The molecule has 0 fully saturated rings. The lowest BCUT2D eigenvalue weighted by Crippen LogP contribution is -2.57. The number of fused-ring (bicyclic) bond motifs is 3. The first-order valence-electron chi connectivity index (χ1n) is 10.4. The van der Waals surface area contributed by atoms with Crippen LogP contribution in [0.4, 0.5) is 5.69 Å². The van der Waals surface area contributed by atoms with Gasteiger partial charge in [0.25, 0.3) is 5.91 Å². The minimum atomic E-state index is -2.57. The van der Waals surface area contributed by atoms with Crippen molar-refractivity contribution in [3.05, 3.63) is 45.4 Å². The predicted octanol–water partition coefficient (Wildman–Crippen LogP) is 1.02. The zero-order chi connectivity index (χ0) is 24.4. The summed E-state index contributed by atoms with van der Waals surface area (Å²) >= 11 is 0. The molecule has 1 aromatic rings. The van der Waals surface area contributed by atoms with Crippen LogP contribution in [-0.4, -0.2) is 57.6 Å². The second kappa shape index (κ2) is 7.39. The lowest BCUT2D eigenvalue weighted by molar-refractivity contribution is -0.144. The molecule has 0 saturated carbocycles. The van der Waals surface area contributed by atoms with Gasteiger partial charge < -0.3 is 31.1 Å². The van der Waals surface area contributed by atoms with Gasteiger partial charge in [-0.15, -0.1) is 5.92 Å². The highest BCUT2D eigenvalue weighted by Gasteiger charge is 2.59. The number of carbonyl (C=O) groups excluding carboxylic acids is 3. The van der Waals surface area contributed by atoms with Crippen LogP contribution in [0.5, 0.6) is 5.75 Å². The van der Waals surface area contributed by atoms with Crippen molar-refractivity contribution in [2.75, 3.05) is 19.0 Å².